The van der Waals surface area contributed by atoms with E-state index in [2.05, 4.69) is 31.6 Å². The van der Waals surface area contributed by atoms with Gasteiger partial charge in [-0.1, -0.05) is 24.3 Å². The number of ether oxygens (including phenoxy) is 1. The van der Waals surface area contributed by atoms with Gasteiger partial charge in [0.15, 0.2) is 0 Å². The Bertz CT molecular complexity index is 980. The molecule has 0 radical (unpaired) electrons. The number of hydrogen-bond acceptors (Lipinski definition) is 4. The Hall–Kier alpha value is -2.93. The first-order valence-corrected chi connectivity index (χ1v) is 9.60. The van der Waals surface area contributed by atoms with Gasteiger partial charge in [-0.05, 0) is 65.7 Å². The van der Waals surface area contributed by atoms with Crippen LogP contribution in [0.5, 0.6) is 5.75 Å². The molecule has 1 aromatic heterocycles. The lowest BCUT2D eigenvalue weighted by molar-refractivity contribution is 0.0954. The first-order valence-electron chi connectivity index (χ1n) is 8.81. The highest BCUT2D eigenvalue weighted by atomic mass is 79.9. The van der Waals surface area contributed by atoms with Gasteiger partial charge in [0.1, 0.15) is 12.4 Å². The number of aryl methyl sites for hydroxylation is 1. The van der Waals surface area contributed by atoms with Crippen LogP contribution >= 0.6 is 15.9 Å². The van der Waals surface area contributed by atoms with Crippen LogP contribution in [0.1, 0.15) is 28.5 Å². The average molecular weight is 441 g/mol. The second-order valence-corrected chi connectivity index (χ2v) is 7.19. The van der Waals surface area contributed by atoms with Crippen molar-refractivity contribution < 1.29 is 9.53 Å². The summed E-state index contributed by atoms with van der Waals surface area (Å²) in [6.07, 6.45) is 1.74. The summed E-state index contributed by atoms with van der Waals surface area (Å²) in [6.45, 7) is 4.78. The van der Waals surface area contributed by atoms with E-state index in [0.717, 1.165) is 27.2 Å². The van der Waals surface area contributed by atoms with E-state index in [1.165, 1.54) is 0 Å². The lowest BCUT2D eigenvalue weighted by atomic mass is 10.1. The molecule has 6 nitrogen and oxygen atoms in total. The Morgan fingerprint density at radius 1 is 1.18 bits per heavy atom. The van der Waals surface area contributed by atoms with Gasteiger partial charge < -0.3 is 4.74 Å². The van der Waals surface area contributed by atoms with Crippen LogP contribution < -0.4 is 10.2 Å². The standard InChI is InChI=1S/C21H21BrN4O2/c1-15(13-26-16(2)11-12-23-26)24-25-21(27)18-9-7-17(8-10-18)14-28-20-6-4-3-5-19(20)22/h3-12H,13-14H2,1-2H3,(H,25,27). The summed E-state index contributed by atoms with van der Waals surface area (Å²) in [7, 11) is 0. The summed E-state index contributed by atoms with van der Waals surface area (Å²) in [5, 5.41) is 8.35. The zero-order valence-corrected chi connectivity index (χ0v) is 17.3. The number of nitrogens with zero attached hydrogens (tertiary/aromatic N) is 3. The van der Waals surface area contributed by atoms with Gasteiger partial charge in [0.25, 0.3) is 5.91 Å². The molecule has 0 aliphatic rings. The predicted molar refractivity (Wildman–Crippen MR) is 112 cm³/mol. The minimum Gasteiger partial charge on any atom is -0.488 e. The minimum absolute atomic E-state index is 0.255. The van der Waals surface area contributed by atoms with E-state index < -0.39 is 0 Å². The van der Waals surface area contributed by atoms with Gasteiger partial charge in [-0.15, -0.1) is 0 Å². The van der Waals surface area contributed by atoms with Crippen molar-refractivity contribution in [1.82, 2.24) is 15.2 Å². The number of hydrazone groups is 1. The lowest BCUT2D eigenvalue weighted by Crippen LogP contribution is -2.21. The van der Waals surface area contributed by atoms with Gasteiger partial charge in [0.05, 0.1) is 16.7 Å². The summed E-state index contributed by atoms with van der Waals surface area (Å²) in [5.41, 5.74) is 5.90. The smallest absolute Gasteiger partial charge is 0.271 e. The normalized spacial score (nSPS) is 11.3. The molecule has 0 atom stereocenters. The van der Waals surface area contributed by atoms with Crippen LogP contribution in [-0.4, -0.2) is 21.4 Å². The number of nitrogens with one attached hydrogen (secondary N) is 1. The maximum atomic E-state index is 12.3. The number of carbonyl (C=O) groups is 1. The molecule has 0 bridgehead atoms. The van der Waals surface area contributed by atoms with Crippen molar-refractivity contribution in [3.8, 4) is 5.75 Å². The molecule has 3 aromatic rings. The maximum absolute atomic E-state index is 12.3. The molecule has 1 amide bonds. The number of halogens is 1. The highest BCUT2D eigenvalue weighted by Gasteiger charge is 2.06. The van der Waals surface area contributed by atoms with Gasteiger partial charge in [0, 0.05) is 17.5 Å². The van der Waals surface area contributed by atoms with Gasteiger partial charge in [0.2, 0.25) is 0 Å². The summed E-state index contributed by atoms with van der Waals surface area (Å²) >= 11 is 3.46. The first-order chi connectivity index (χ1) is 13.5. The van der Waals surface area contributed by atoms with Gasteiger partial charge in [-0.3, -0.25) is 9.48 Å². The topological polar surface area (TPSA) is 68.5 Å². The first kappa shape index (κ1) is 19.8. The third-order valence-electron chi connectivity index (χ3n) is 4.10. The molecule has 3 rings (SSSR count). The second kappa shape index (κ2) is 9.32. The van der Waals surface area contributed by atoms with E-state index in [4.69, 9.17) is 4.74 Å². The number of carbonyl (C=O) groups excluding carboxylic acids is 1. The zero-order valence-electron chi connectivity index (χ0n) is 15.7. The van der Waals surface area contributed by atoms with Gasteiger partial charge >= 0.3 is 0 Å². The van der Waals surface area contributed by atoms with Crippen molar-refractivity contribution in [2.24, 2.45) is 5.10 Å². The van der Waals surface area contributed by atoms with E-state index >= 15 is 0 Å². The molecule has 2 aromatic carbocycles. The molecule has 0 spiro atoms. The van der Waals surface area contributed by atoms with Gasteiger partial charge in [-0.2, -0.15) is 10.2 Å². The zero-order chi connectivity index (χ0) is 19.9. The summed E-state index contributed by atoms with van der Waals surface area (Å²) in [5.74, 6) is 0.524. The number of aromatic nitrogens is 2. The maximum Gasteiger partial charge on any atom is 0.271 e. The van der Waals surface area contributed by atoms with Crippen LogP contribution in [0.3, 0.4) is 0 Å². The molecule has 0 aliphatic heterocycles. The Labute approximate surface area is 172 Å². The summed E-state index contributed by atoms with van der Waals surface area (Å²) in [4.78, 5) is 12.3. The summed E-state index contributed by atoms with van der Waals surface area (Å²) < 4.78 is 8.52. The molecule has 144 valence electrons. The fraction of sp³-hybridized carbons (Fsp3) is 0.190. The molecular formula is C21H21BrN4O2. The monoisotopic (exact) mass is 440 g/mol. The third-order valence-corrected chi connectivity index (χ3v) is 4.76. The largest absolute Gasteiger partial charge is 0.488 e. The average Bonchev–Trinajstić information content (AvgIpc) is 3.10. The van der Waals surface area contributed by atoms with Crippen LogP contribution in [-0.2, 0) is 13.2 Å². The number of benzene rings is 2. The minimum atomic E-state index is -0.255. The molecule has 1 N–H and O–H groups in total. The van der Waals surface area contributed by atoms with Crippen molar-refractivity contribution in [2.75, 3.05) is 0 Å². The molecule has 1 heterocycles. The molecule has 28 heavy (non-hydrogen) atoms. The fourth-order valence-electron chi connectivity index (χ4n) is 2.50. The Kier molecular flexibility index (Phi) is 6.60. The van der Waals surface area contributed by atoms with Crippen LogP contribution in [0.15, 0.2) is 70.4 Å². The van der Waals surface area contributed by atoms with Crippen LogP contribution in [0.4, 0.5) is 0 Å². The molecule has 0 fully saturated rings. The van der Waals surface area contributed by atoms with E-state index in [0.29, 0.717) is 18.7 Å². The summed E-state index contributed by atoms with van der Waals surface area (Å²) in [6, 6.07) is 16.9. The number of rotatable bonds is 7. The van der Waals surface area contributed by atoms with Crippen molar-refractivity contribution >= 4 is 27.5 Å². The molecule has 0 saturated carbocycles. The molecular weight excluding hydrogens is 420 g/mol. The van der Waals surface area contributed by atoms with E-state index in [-0.39, 0.29) is 5.91 Å². The molecule has 7 heteroatoms. The van der Waals surface area contributed by atoms with Gasteiger partial charge in [-0.25, -0.2) is 5.43 Å². The molecule has 0 aliphatic carbocycles. The van der Waals surface area contributed by atoms with Crippen LogP contribution in [0.2, 0.25) is 0 Å². The quantitative estimate of drug-likeness (QED) is 0.438. The SMILES string of the molecule is CC(Cn1nccc1C)=NNC(=O)c1ccc(COc2ccccc2Br)cc1. The Balaban J connectivity index is 1.54. The lowest BCUT2D eigenvalue weighted by Gasteiger charge is -2.08. The Morgan fingerprint density at radius 2 is 1.93 bits per heavy atom. The van der Waals surface area contributed by atoms with Crippen molar-refractivity contribution in [2.45, 2.75) is 27.0 Å². The molecule has 0 saturated heterocycles. The van der Waals surface area contributed by atoms with Crippen molar-refractivity contribution in [3.05, 3.63) is 82.1 Å². The Morgan fingerprint density at radius 3 is 2.61 bits per heavy atom. The third kappa shape index (κ3) is 5.29. The highest BCUT2D eigenvalue weighted by molar-refractivity contribution is 9.10. The second-order valence-electron chi connectivity index (χ2n) is 6.33. The number of hydrogen-bond donors (Lipinski definition) is 1. The number of para-hydroxylation sites is 1. The fourth-order valence-corrected chi connectivity index (χ4v) is 2.90. The van der Waals surface area contributed by atoms with E-state index in [1.54, 1.807) is 18.3 Å². The molecule has 0 unspecified atom stereocenters. The highest BCUT2D eigenvalue weighted by Crippen LogP contribution is 2.24. The van der Waals surface area contributed by atoms with E-state index in [9.17, 15) is 4.79 Å². The van der Waals surface area contributed by atoms with Crippen molar-refractivity contribution in [3.63, 3.8) is 0 Å². The van der Waals surface area contributed by atoms with Crippen LogP contribution in [0.25, 0.3) is 0 Å². The van der Waals surface area contributed by atoms with Crippen LogP contribution in [0, 0.1) is 6.92 Å². The van der Waals surface area contributed by atoms with E-state index in [1.807, 2.05) is 61.0 Å². The predicted octanol–water partition coefficient (Wildman–Crippen LogP) is 4.34. The van der Waals surface area contributed by atoms with Crippen molar-refractivity contribution in [1.29, 1.82) is 0 Å². The number of amides is 1.